The number of ether oxygens (including phenoxy) is 2. The van der Waals surface area contributed by atoms with Crippen LogP contribution in [0.5, 0.6) is 5.75 Å². The summed E-state index contributed by atoms with van der Waals surface area (Å²) in [6.45, 7) is 7.46. The van der Waals surface area contributed by atoms with Crippen molar-refractivity contribution in [3.8, 4) is 16.3 Å². The standard InChI is InChI=1S/C27H26F3NO4S/c1-5-34-24(33)15-35-22-12-8-19(14-17(22)4)21(32)11-13-23-25(16(2)3)31-26(36-23)18-6-9-20(10-7-18)27(28,29)30/h6-14,16H,5,15H2,1-4H3. The lowest BCUT2D eigenvalue weighted by Gasteiger charge is -2.09. The van der Waals surface area contributed by atoms with Gasteiger partial charge in [-0.2, -0.15) is 13.2 Å². The van der Waals surface area contributed by atoms with Crippen LogP contribution in [0.2, 0.25) is 0 Å². The van der Waals surface area contributed by atoms with Gasteiger partial charge in [0.15, 0.2) is 12.4 Å². The summed E-state index contributed by atoms with van der Waals surface area (Å²) in [6.07, 6.45) is -1.27. The maximum Gasteiger partial charge on any atom is 0.416 e. The molecule has 190 valence electrons. The molecular weight excluding hydrogens is 491 g/mol. The van der Waals surface area contributed by atoms with Crippen molar-refractivity contribution in [2.24, 2.45) is 0 Å². The van der Waals surface area contributed by atoms with Crippen molar-refractivity contribution in [3.63, 3.8) is 0 Å². The molecule has 0 aliphatic heterocycles. The van der Waals surface area contributed by atoms with Crippen molar-refractivity contribution in [1.82, 2.24) is 4.98 Å². The molecule has 0 N–H and O–H groups in total. The molecule has 0 spiro atoms. The number of benzene rings is 2. The molecule has 36 heavy (non-hydrogen) atoms. The van der Waals surface area contributed by atoms with E-state index in [4.69, 9.17) is 9.47 Å². The van der Waals surface area contributed by atoms with E-state index in [9.17, 15) is 22.8 Å². The Bertz CT molecular complexity index is 1260. The number of allylic oxidation sites excluding steroid dienone is 1. The highest BCUT2D eigenvalue weighted by Crippen LogP contribution is 2.35. The number of carbonyl (C=O) groups excluding carboxylic acids is 2. The molecule has 5 nitrogen and oxygen atoms in total. The third-order valence-corrected chi connectivity index (χ3v) is 6.27. The molecular formula is C27H26F3NO4S. The first-order valence-corrected chi connectivity index (χ1v) is 12.1. The van der Waals surface area contributed by atoms with Gasteiger partial charge in [-0.3, -0.25) is 4.79 Å². The van der Waals surface area contributed by atoms with E-state index in [0.29, 0.717) is 27.4 Å². The second-order valence-corrected chi connectivity index (χ2v) is 9.30. The van der Waals surface area contributed by atoms with Gasteiger partial charge in [0.2, 0.25) is 0 Å². The zero-order chi connectivity index (χ0) is 26.5. The van der Waals surface area contributed by atoms with Crippen molar-refractivity contribution >= 4 is 29.2 Å². The third-order valence-electron chi connectivity index (χ3n) is 5.18. The summed E-state index contributed by atoms with van der Waals surface area (Å²) in [6, 6.07) is 9.79. The number of nitrogens with zero attached hydrogens (tertiary/aromatic N) is 1. The normalized spacial score (nSPS) is 11.8. The Morgan fingerprint density at radius 3 is 2.39 bits per heavy atom. The summed E-state index contributed by atoms with van der Waals surface area (Å²) < 4.78 is 48.9. The molecule has 9 heteroatoms. The van der Waals surface area contributed by atoms with E-state index in [1.165, 1.54) is 29.5 Å². The summed E-state index contributed by atoms with van der Waals surface area (Å²) >= 11 is 1.32. The first kappa shape index (κ1) is 27.1. The van der Waals surface area contributed by atoms with E-state index in [-0.39, 0.29) is 24.9 Å². The number of aryl methyl sites for hydroxylation is 1. The topological polar surface area (TPSA) is 65.5 Å². The maximum atomic E-state index is 12.9. The molecule has 0 bridgehead atoms. The Kier molecular flexibility index (Phi) is 8.68. The van der Waals surface area contributed by atoms with Crippen LogP contribution < -0.4 is 4.74 Å². The predicted molar refractivity (Wildman–Crippen MR) is 133 cm³/mol. The number of esters is 1. The van der Waals surface area contributed by atoms with Gasteiger partial charge in [0.05, 0.1) is 22.7 Å². The van der Waals surface area contributed by atoms with Gasteiger partial charge in [-0.15, -0.1) is 11.3 Å². The van der Waals surface area contributed by atoms with Gasteiger partial charge in [0.1, 0.15) is 10.8 Å². The van der Waals surface area contributed by atoms with Crippen LogP contribution in [0.1, 0.15) is 58.7 Å². The first-order chi connectivity index (χ1) is 17.0. The number of halogens is 3. The van der Waals surface area contributed by atoms with Gasteiger partial charge >= 0.3 is 12.1 Å². The fourth-order valence-corrected chi connectivity index (χ4v) is 4.48. The zero-order valence-electron chi connectivity index (χ0n) is 20.3. The molecule has 0 aliphatic carbocycles. The van der Waals surface area contributed by atoms with Crippen LogP contribution in [0, 0.1) is 6.92 Å². The molecule has 2 aromatic carbocycles. The fraction of sp³-hybridized carbons (Fsp3) is 0.296. The van der Waals surface area contributed by atoms with E-state index < -0.39 is 17.7 Å². The maximum absolute atomic E-state index is 12.9. The van der Waals surface area contributed by atoms with E-state index in [1.807, 2.05) is 13.8 Å². The van der Waals surface area contributed by atoms with Crippen LogP contribution in [0.4, 0.5) is 13.2 Å². The average Bonchev–Trinajstić information content (AvgIpc) is 3.26. The quantitative estimate of drug-likeness (QED) is 0.172. The number of aromatic nitrogens is 1. The minimum absolute atomic E-state index is 0.0530. The van der Waals surface area contributed by atoms with Crippen LogP contribution in [-0.2, 0) is 15.7 Å². The predicted octanol–water partition coefficient (Wildman–Crippen LogP) is 7.10. The molecule has 0 aliphatic rings. The van der Waals surface area contributed by atoms with Crippen LogP contribution in [0.15, 0.2) is 48.5 Å². The van der Waals surface area contributed by atoms with Crippen LogP contribution in [0.3, 0.4) is 0 Å². The lowest BCUT2D eigenvalue weighted by Crippen LogP contribution is -2.15. The highest BCUT2D eigenvalue weighted by atomic mass is 32.1. The van der Waals surface area contributed by atoms with Crippen LogP contribution >= 0.6 is 11.3 Å². The van der Waals surface area contributed by atoms with E-state index in [1.54, 1.807) is 38.1 Å². The summed E-state index contributed by atoms with van der Waals surface area (Å²) in [5.74, 6) is -0.165. The van der Waals surface area contributed by atoms with E-state index in [0.717, 1.165) is 22.7 Å². The Morgan fingerprint density at radius 2 is 1.81 bits per heavy atom. The van der Waals surface area contributed by atoms with Gasteiger partial charge in [-0.25, -0.2) is 9.78 Å². The van der Waals surface area contributed by atoms with Crippen molar-refractivity contribution in [2.45, 2.75) is 39.8 Å². The monoisotopic (exact) mass is 517 g/mol. The largest absolute Gasteiger partial charge is 0.482 e. The molecule has 0 radical (unpaired) electrons. The number of hydrogen-bond acceptors (Lipinski definition) is 6. The number of thiazole rings is 1. The smallest absolute Gasteiger partial charge is 0.416 e. The number of hydrogen-bond donors (Lipinski definition) is 0. The van der Waals surface area contributed by atoms with Crippen molar-refractivity contribution < 1.29 is 32.2 Å². The molecule has 1 aromatic heterocycles. The molecule has 0 fully saturated rings. The summed E-state index contributed by atoms with van der Waals surface area (Å²) in [4.78, 5) is 29.7. The molecule has 0 unspecified atom stereocenters. The van der Waals surface area contributed by atoms with Crippen LogP contribution in [0.25, 0.3) is 16.6 Å². The highest BCUT2D eigenvalue weighted by Gasteiger charge is 2.30. The second-order valence-electron chi connectivity index (χ2n) is 8.27. The summed E-state index contributed by atoms with van der Waals surface area (Å²) in [5, 5.41) is 0.582. The van der Waals surface area contributed by atoms with Crippen LogP contribution in [-0.4, -0.2) is 30.0 Å². The SMILES string of the molecule is CCOC(=O)COc1ccc(C(=O)C=Cc2sc(-c3ccc(C(F)(F)F)cc3)nc2C(C)C)cc1C. The van der Waals surface area contributed by atoms with Gasteiger partial charge in [-0.1, -0.05) is 26.0 Å². The fourth-order valence-electron chi connectivity index (χ4n) is 3.35. The number of alkyl halides is 3. The Hall–Kier alpha value is -3.46. The summed E-state index contributed by atoms with van der Waals surface area (Å²) in [7, 11) is 0. The van der Waals surface area contributed by atoms with E-state index >= 15 is 0 Å². The third kappa shape index (κ3) is 6.81. The number of ketones is 1. The minimum Gasteiger partial charge on any atom is -0.482 e. The molecule has 1 heterocycles. The molecule has 0 amide bonds. The van der Waals surface area contributed by atoms with Gasteiger partial charge in [0, 0.05) is 11.1 Å². The average molecular weight is 518 g/mol. The Labute approximate surface area is 211 Å². The number of rotatable bonds is 9. The molecule has 3 aromatic rings. The number of carbonyl (C=O) groups is 2. The van der Waals surface area contributed by atoms with Crippen molar-refractivity contribution in [1.29, 1.82) is 0 Å². The molecule has 0 atom stereocenters. The van der Waals surface area contributed by atoms with Gasteiger partial charge in [-0.05, 0) is 67.8 Å². The molecule has 0 saturated heterocycles. The Morgan fingerprint density at radius 1 is 1.11 bits per heavy atom. The van der Waals surface area contributed by atoms with Gasteiger partial charge < -0.3 is 9.47 Å². The van der Waals surface area contributed by atoms with E-state index in [2.05, 4.69) is 4.98 Å². The minimum atomic E-state index is -4.40. The molecule has 0 saturated carbocycles. The zero-order valence-corrected chi connectivity index (χ0v) is 21.1. The first-order valence-electron chi connectivity index (χ1n) is 11.3. The highest BCUT2D eigenvalue weighted by molar-refractivity contribution is 7.16. The van der Waals surface area contributed by atoms with Crippen molar-refractivity contribution in [3.05, 3.63) is 75.8 Å². The molecule has 3 rings (SSSR count). The van der Waals surface area contributed by atoms with Gasteiger partial charge in [0.25, 0.3) is 0 Å². The Balaban J connectivity index is 1.78. The van der Waals surface area contributed by atoms with Crippen molar-refractivity contribution in [2.75, 3.05) is 13.2 Å². The second kappa shape index (κ2) is 11.5. The lowest BCUT2D eigenvalue weighted by atomic mass is 10.1. The summed E-state index contributed by atoms with van der Waals surface area (Å²) in [5.41, 5.74) is 1.77. The lowest BCUT2D eigenvalue weighted by molar-refractivity contribution is -0.145.